The number of aryl methyl sites for hydroxylation is 2. The molecule has 0 bridgehead atoms. The van der Waals surface area contributed by atoms with Gasteiger partial charge in [-0.25, -0.2) is 4.39 Å². The second kappa shape index (κ2) is 5.43. The molecule has 112 valence electrons. The lowest BCUT2D eigenvalue weighted by Gasteiger charge is -2.09. The third kappa shape index (κ3) is 2.68. The summed E-state index contributed by atoms with van der Waals surface area (Å²) < 4.78 is 42.8. The fraction of sp³-hybridized carbons (Fsp3) is 0.188. The molecule has 0 aliphatic heterocycles. The molecule has 1 aliphatic carbocycles. The van der Waals surface area contributed by atoms with Gasteiger partial charge in [0, 0.05) is 0 Å². The summed E-state index contributed by atoms with van der Waals surface area (Å²) in [5.41, 5.74) is 1.96. The predicted octanol–water partition coefficient (Wildman–Crippen LogP) is 2.95. The Morgan fingerprint density at radius 3 is 2.64 bits per heavy atom. The Kier molecular flexibility index (Phi) is 3.59. The highest BCUT2D eigenvalue weighted by Gasteiger charge is 2.20. The van der Waals surface area contributed by atoms with Gasteiger partial charge in [0.15, 0.2) is 0 Å². The van der Waals surface area contributed by atoms with Gasteiger partial charge in [-0.1, -0.05) is 6.07 Å². The molecule has 6 heteroatoms. The summed E-state index contributed by atoms with van der Waals surface area (Å²) in [6, 6.07) is 9.79. The first-order chi connectivity index (χ1) is 10.5. The number of nitrogens with zero attached hydrogens (tertiary/aromatic N) is 1. The average Bonchev–Trinajstić information content (AvgIpc) is 2.94. The minimum absolute atomic E-state index is 0.225. The zero-order valence-electron chi connectivity index (χ0n) is 11.5. The highest BCUT2D eigenvalue weighted by molar-refractivity contribution is 7.87. The first kappa shape index (κ1) is 14.5. The van der Waals surface area contributed by atoms with Crippen molar-refractivity contribution < 1.29 is 17.0 Å². The molecule has 0 atom stereocenters. The van der Waals surface area contributed by atoms with E-state index in [-0.39, 0.29) is 16.2 Å². The molecule has 0 aromatic heterocycles. The van der Waals surface area contributed by atoms with Crippen molar-refractivity contribution in [2.75, 3.05) is 0 Å². The van der Waals surface area contributed by atoms with Crippen molar-refractivity contribution in [3.05, 3.63) is 58.9 Å². The molecule has 0 amide bonds. The van der Waals surface area contributed by atoms with Crippen molar-refractivity contribution >= 4 is 10.1 Å². The normalized spacial score (nSPS) is 13.5. The van der Waals surface area contributed by atoms with E-state index in [1.165, 1.54) is 5.56 Å². The smallest absolute Gasteiger partial charge is 0.339 e. The maximum atomic E-state index is 13.3. The number of hydrogen-bond acceptors (Lipinski definition) is 4. The molecule has 1 aliphatic rings. The van der Waals surface area contributed by atoms with Gasteiger partial charge in [0.25, 0.3) is 0 Å². The zero-order chi connectivity index (χ0) is 15.7. The Balaban J connectivity index is 1.92. The number of nitriles is 1. The highest BCUT2D eigenvalue weighted by Crippen LogP contribution is 2.28. The summed E-state index contributed by atoms with van der Waals surface area (Å²) in [6.07, 6.45) is 2.95. The number of hydrogen-bond donors (Lipinski definition) is 0. The van der Waals surface area contributed by atoms with Crippen LogP contribution in [0.15, 0.2) is 41.3 Å². The summed E-state index contributed by atoms with van der Waals surface area (Å²) in [5.74, 6) is -0.539. The molecule has 22 heavy (non-hydrogen) atoms. The maximum Gasteiger partial charge on any atom is 0.339 e. The summed E-state index contributed by atoms with van der Waals surface area (Å²) in [6.45, 7) is 0. The molecule has 0 unspecified atom stereocenters. The molecule has 3 rings (SSSR count). The van der Waals surface area contributed by atoms with Crippen LogP contribution in [0.4, 0.5) is 4.39 Å². The molecule has 0 spiro atoms. The van der Waals surface area contributed by atoms with Gasteiger partial charge >= 0.3 is 10.1 Å². The van der Waals surface area contributed by atoms with Gasteiger partial charge in [0.1, 0.15) is 22.5 Å². The zero-order valence-corrected chi connectivity index (χ0v) is 12.4. The monoisotopic (exact) mass is 317 g/mol. The van der Waals surface area contributed by atoms with E-state index in [1.54, 1.807) is 18.2 Å². The molecular weight excluding hydrogens is 305 g/mol. The van der Waals surface area contributed by atoms with Crippen LogP contribution in [0.5, 0.6) is 5.75 Å². The highest BCUT2D eigenvalue weighted by atomic mass is 32.2. The van der Waals surface area contributed by atoms with Crippen LogP contribution < -0.4 is 4.18 Å². The average molecular weight is 317 g/mol. The van der Waals surface area contributed by atoms with Gasteiger partial charge in [-0.3, -0.25) is 0 Å². The lowest BCUT2D eigenvalue weighted by atomic mass is 10.1. The lowest BCUT2D eigenvalue weighted by molar-refractivity contribution is 0.485. The third-order valence-corrected chi connectivity index (χ3v) is 4.87. The fourth-order valence-electron chi connectivity index (χ4n) is 2.52. The second-order valence-electron chi connectivity index (χ2n) is 5.07. The summed E-state index contributed by atoms with van der Waals surface area (Å²) in [5, 5.41) is 8.78. The summed E-state index contributed by atoms with van der Waals surface area (Å²) in [7, 11) is -4.10. The van der Waals surface area contributed by atoms with E-state index in [0.717, 1.165) is 43.0 Å². The van der Waals surface area contributed by atoms with Gasteiger partial charge in [-0.15, -0.1) is 0 Å². The van der Waals surface area contributed by atoms with E-state index in [2.05, 4.69) is 0 Å². The third-order valence-electron chi connectivity index (χ3n) is 3.62. The van der Waals surface area contributed by atoms with Crippen LogP contribution >= 0.6 is 0 Å². The second-order valence-corrected chi connectivity index (χ2v) is 6.62. The van der Waals surface area contributed by atoms with Crippen molar-refractivity contribution in [2.45, 2.75) is 24.2 Å². The Bertz CT molecular complexity index is 885. The molecule has 2 aromatic carbocycles. The van der Waals surface area contributed by atoms with Crippen molar-refractivity contribution in [3.8, 4) is 11.8 Å². The van der Waals surface area contributed by atoms with Crippen molar-refractivity contribution in [2.24, 2.45) is 0 Å². The van der Waals surface area contributed by atoms with Crippen LogP contribution in [0.2, 0.25) is 0 Å². The summed E-state index contributed by atoms with van der Waals surface area (Å²) >= 11 is 0. The van der Waals surface area contributed by atoms with Crippen molar-refractivity contribution in [1.29, 1.82) is 5.26 Å². The standard InChI is InChI=1S/C16H12FNO3S/c17-16-7-6-15(9-13(16)10-18)22(19,20)21-14-5-4-11-2-1-3-12(11)8-14/h4-9H,1-3H2. The first-order valence-electron chi connectivity index (χ1n) is 6.75. The van der Waals surface area contributed by atoms with Crippen molar-refractivity contribution in [1.82, 2.24) is 0 Å². The molecule has 0 saturated carbocycles. The molecule has 0 radical (unpaired) electrons. The van der Waals surface area contributed by atoms with Gasteiger partial charge in [0.05, 0.1) is 5.56 Å². The van der Waals surface area contributed by atoms with E-state index in [1.807, 2.05) is 6.07 Å². The van der Waals surface area contributed by atoms with Crippen LogP contribution in [0, 0.1) is 17.1 Å². The lowest BCUT2D eigenvalue weighted by Crippen LogP contribution is -2.10. The Morgan fingerprint density at radius 2 is 1.86 bits per heavy atom. The molecule has 0 fully saturated rings. The van der Waals surface area contributed by atoms with Crippen LogP contribution in [-0.4, -0.2) is 8.42 Å². The number of benzene rings is 2. The van der Waals surface area contributed by atoms with Crippen LogP contribution in [0.1, 0.15) is 23.1 Å². The van der Waals surface area contributed by atoms with E-state index in [9.17, 15) is 12.8 Å². The van der Waals surface area contributed by atoms with Crippen molar-refractivity contribution in [3.63, 3.8) is 0 Å². The largest absolute Gasteiger partial charge is 0.379 e. The molecule has 0 heterocycles. The van der Waals surface area contributed by atoms with E-state index >= 15 is 0 Å². The molecule has 0 saturated heterocycles. The minimum Gasteiger partial charge on any atom is -0.379 e. The van der Waals surface area contributed by atoms with E-state index in [0.29, 0.717) is 0 Å². The molecule has 4 nitrogen and oxygen atoms in total. The number of fused-ring (bicyclic) bond motifs is 1. The van der Waals surface area contributed by atoms with Gasteiger partial charge in [0.2, 0.25) is 0 Å². The van der Waals surface area contributed by atoms with Gasteiger partial charge in [-0.05, 0) is 60.7 Å². The SMILES string of the molecule is N#Cc1cc(S(=O)(=O)Oc2ccc3c(c2)CCC3)ccc1F. The van der Waals surface area contributed by atoms with E-state index < -0.39 is 15.9 Å². The Hall–Kier alpha value is -2.39. The molecule has 0 N–H and O–H groups in total. The predicted molar refractivity (Wildman–Crippen MR) is 77.4 cm³/mol. The maximum absolute atomic E-state index is 13.3. The fourth-order valence-corrected chi connectivity index (χ4v) is 3.47. The first-order valence-corrected chi connectivity index (χ1v) is 8.16. The quantitative estimate of drug-likeness (QED) is 0.816. The van der Waals surface area contributed by atoms with E-state index in [4.69, 9.17) is 9.44 Å². The number of halogens is 1. The number of rotatable bonds is 3. The van der Waals surface area contributed by atoms with Gasteiger partial charge < -0.3 is 4.18 Å². The Morgan fingerprint density at radius 1 is 1.09 bits per heavy atom. The topological polar surface area (TPSA) is 67.2 Å². The molecular formula is C16H12FNO3S. The van der Waals surface area contributed by atoms with Crippen LogP contribution in [0.25, 0.3) is 0 Å². The summed E-state index contributed by atoms with van der Waals surface area (Å²) in [4.78, 5) is -0.244. The van der Waals surface area contributed by atoms with Gasteiger partial charge in [-0.2, -0.15) is 13.7 Å². The van der Waals surface area contributed by atoms with Crippen LogP contribution in [0.3, 0.4) is 0 Å². The molecule has 2 aromatic rings. The van der Waals surface area contributed by atoms with Crippen LogP contribution in [-0.2, 0) is 23.0 Å². The Labute approximate surface area is 127 Å². The minimum atomic E-state index is -4.10.